The first-order chi connectivity index (χ1) is 10.1. The molecule has 0 heterocycles. The highest BCUT2D eigenvalue weighted by Gasteiger charge is 2.14. The van der Waals surface area contributed by atoms with Crippen LogP contribution in [0.3, 0.4) is 0 Å². The maximum absolute atomic E-state index is 10.9. The normalized spacial score (nSPS) is 12.1. The van der Waals surface area contributed by atoms with Crippen molar-refractivity contribution in [2.24, 2.45) is 0 Å². The summed E-state index contributed by atoms with van der Waals surface area (Å²) in [6.45, 7) is 0.345. The van der Waals surface area contributed by atoms with E-state index >= 15 is 0 Å². The largest absolute Gasteiger partial charge is 0.394 e. The van der Waals surface area contributed by atoms with Crippen molar-refractivity contribution in [1.82, 2.24) is 5.32 Å². The Balaban J connectivity index is 2.08. The number of hydrogen-bond acceptors (Lipinski definition) is 4. The molecule has 0 saturated heterocycles. The van der Waals surface area contributed by atoms with Gasteiger partial charge in [0.15, 0.2) is 0 Å². The molecule has 0 saturated carbocycles. The summed E-state index contributed by atoms with van der Waals surface area (Å²) < 4.78 is 0. The van der Waals surface area contributed by atoms with Gasteiger partial charge >= 0.3 is 0 Å². The fraction of sp³-hybridized carbons (Fsp3) is 0.200. The Labute approximate surface area is 127 Å². The molecule has 0 amide bonds. The van der Waals surface area contributed by atoms with Crippen molar-refractivity contribution in [2.45, 2.75) is 12.6 Å². The number of nitrogens with one attached hydrogen (secondary N) is 1. The van der Waals surface area contributed by atoms with Crippen molar-refractivity contribution in [1.29, 1.82) is 0 Å². The van der Waals surface area contributed by atoms with E-state index in [0.717, 1.165) is 11.1 Å². The van der Waals surface area contributed by atoms with Gasteiger partial charge in [-0.2, -0.15) is 0 Å². The van der Waals surface area contributed by atoms with E-state index in [2.05, 4.69) is 5.32 Å². The van der Waals surface area contributed by atoms with E-state index in [0.29, 0.717) is 6.54 Å². The van der Waals surface area contributed by atoms with E-state index < -0.39 is 4.92 Å². The Hall–Kier alpha value is -1.95. The summed E-state index contributed by atoms with van der Waals surface area (Å²) in [5.74, 6) is 0. The van der Waals surface area contributed by atoms with Crippen LogP contribution in [0.5, 0.6) is 0 Å². The van der Waals surface area contributed by atoms with Crippen molar-refractivity contribution >= 4 is 17.3 Å². The van der Waals surface area contributed by atoms with E-state index in [4.69, 9.17) is 11.6 Å². The summed E-state index contributed by atoms with van der Waals surface area (Å²) in [6.07, 6.45) is 0. The zero-order valence-electron chi connectivity index (χ0n) is 11.2. The molecule has 6 heteroatoms. The molecule has 0 aromatic heterocycles. The first-order valence-electron chi connectivity index (χ1n) is 6.44. The second-order valence-corrected chi connectivity index (χ2v) is 4.98. The summed E-state index contributed by atoms with van der Waals surface area (Å²) >= 11 is 5.78. The number of nitrogens with zero attached hydrogens (tertiary/aromatic N) is 1. The molecule has 2 aromatic carbocycles. The average molecular weight is 307 g/mol. The van der Waals surface area contributed by atoms with Crippen LogP contribution >= 0.6 is 11.6 Å². The summed E-state index contributed by atoms with van der Waals surface area (Å²) in [5, 5.41) is 23.6. The summed E-state index contributed by atoms with van der Waals surface area (Å²) in [6, 6.07) is 14.0. The van der Waals surface area contributed by atoms with Gasteiger partial charge in [-0.1, -0.05) is 48.0 Å². The zero-order chi connectivity index (χ0) is 15.2. The lowest BCUT2D eigenvalue weighted by Gasteiger charge is -2.16. The van der Waals surface area contributed by atoms with Crippen LogP contribution in [0.4, 0.5) is 5.69 Å². The monoisotopic (exact) mass is 306 g/mol. The number of halogens is 1. The lowest BCUT2D eigenvalue weighted by Crippen LogP contribution is -2.23. The molecular formula is C15H15ClN2O3. The van der Waals surface area contributed by atoms with Gasteiger partial charge in [0.2, 0.25) is 0 Å². The first kappa shape index (κ1) is 15.4. The van der Waals surface area contributed by atoms with Crippen LogP contribution in [0.25, 0.3) is 0 Å². The third-order valence-electron chi connectivity index (χ3n) is 3.14. The molecule has 0 spiro atoms. The van der Waals surface area contributed by atoms with Gasteiger partial charge in [-0.05, 0) is 17.2 Å². The number of hydrogen-bond donors (Lipinski definition) is 2. The van der Waals surface area contributed by atoms with Gasteiger partial charge in [0.05, 0.1) is 17.6 Å². The van der Waals surface area contributed by atoms with Crippen LogP contribution in [-0.4, -0.2) is 16.6 Å². The number of rotatable bonds is 6. The smallest absolute Gasteiger partial charge is 0.288 e. The molecule has 1 atom stereocenters. The Kier molecular flexibility index (Phi) is 5.27. The summed E-state index contributed by atoms with van der Waals surface area (Å²) in [5.41, 5.74) is 1.58. The molecular weight excluding hydrogens is 292 g/mol. The van der Waals surface area contributed by atoms with Crippen molar-refractivity contribution in [3.63, 3.8) is 0 Å². The minimum atomic E-state index is -0.507. The highest BCUT2D eigenvalue weighted by Crippen LogP contribution is 2.25. The Morgan fingerprint density at radius 2 is 1.95 bits per heavy atom. The highest BCUT2D eigenvalue weighted by molar-refractivity contribution is 6.32. The molecule has 0 bridgehead atoms. The van der Waals surface area contributed by atoms with Crippen LogP contribution in [0.1, 0.15) is 17.2 Å². The first-order valence-corrected chi connectivity index (χ1v) is 6.81. The quantitative estimate of drug-likeness (QED) is 0.635. The molecule has 0 aliphatic carbocycles. The molecule has 5 nitrogen and oxygen atoms in total. The SMILES string of the molecule is O=[N+]([O-])c1cc(CNC(CO)c2ccccc2)ccc1Cl. The molecule has 21 heavy (non-hydrogen) atoms. The van der Waals surface area contributed by atoms with Gasteiger partial charge in [0.1, 0.15) is 5.02 Å². The van der Waals surface area contributed by atoms with Crippen molar-refractivity contribution in [3.8, 4) is 0 Å². The lowest BCUT2D eigenvalue weighted by molar-refractivity contribution is -0.384. The third kappa shape index (κ3) is 4.01. The Morgan fingerprint density at radius 1 is 1.24 bits per heavy atom. The van der Waals surface area contributed by atoms with Gasteiger partial charge in [0, 0.05) is 12.6 Å². The van der Waals surface area contributed by atoms with Gasteiger partial charge in [-0.3, -0.25) is 10.1 Å². The number of aliphatic hydroxyl groups excluding tert-OH is 1. The molecule has 0 aliphatic rings. The third-order valence-corrected chi connectivity index (χ3v) is 3.46. The maximum Gasteiger partial charge on any atom is 0.288 e. The predicted octanol–water partition coefficient (Wildman–Crippen LogP) is 3.07. The molecule has 2 N–H and O–H groups in total. The zero-order valence-corrected chi connectivity index (χ0v) is 12.0. The van der Waals surface area contributed by atoms with Crippen LogP contribution in [0.15, 0.2) is 48.5 Å². The van der Waals surface area contributed by atoms with E-state index in [1.807, 2.05) is 30.3 Å². The van der Waals surface area contributed by atoms with Crippen LogP contribution < -0.4 is 5.32 Å². The van der Waals surface area contributed by atoms with Crippen molar-refractivity contribution in [3.05, 3.63) is 74.8 Å². The van der Waals surface area contributed by atoms with Crippen LogP contribution in [0.2, 0.25) is 5.02 Å². The maximum atomic E-state index is 10.9. The summed E-state index contributed by atoms with van der Waals surface area (Å²) in [7, 11) is 0. The second-order valence-electron chi connectivity index (χ2n) is 4.57. The molecule has 2 rings (SSSR count). The number of benzene rings is 2. The highest BCUT2D eigenvalue weighted by atomic mass is 35.5. The second kappa shape index (κ2) is 7.17. The molecule has 0 radical (unpaired) electrons. The Morgan fingerprint density at radius 3 is 2.57 bits per heavy atom. The number of nitro benzene ring substituents is 1. The van der Waals surface area contributed by atoms with Gasteiger partial charge in [0.25, 0.3) is 5.69 Å². The van der Waals surface area contributed by atoms with Crippen molar-refractivity contribution in [2.75, 3.05) is 6.61 Å². The van der Waals surface area contributed by atoms with E-state index in [-0.39, 0.29) is 23.4 Å². The standard InChI is InChI=1S/C15H15ClN2O3/c16-13-7-6-11(8-15(13)18(20)21)9-17-14(10-19)12-4-2-1-3-5-12/h1-8,14,17,19H,9-10H2. The van der Waals surface area contributed by atoms with Crippen molar-refractivity contribution < 1.29 is 10.0 Å². The molecule has 2 aromatic rings. The lowest BCUT2D eigenvalue weighted by atomic mass is 10.1. The summed E-state index contributed by atoms with van der Waals surface area (Å²) in [4.78, 5) is 10.3. The molecule has 0 fully saturated rings. The Bertz CT molecular complexity index is 620. The fourth-order valence-corrected chi connectivity index (χ4v) is 2.21. The van der Waals surface area contributed by atoms with Gasteiger partial charge in [-0.25, -0.2) is 0 Å². The van der Waals surface area contributed by atoms with E-state index in [1.165, 1.54) is 12.1 Å². The minimum Gasteiger partial charge on any atom is -0.394 e. The minimum absolute atomic E-state index is 0.0559. The molecule has 1 unspecified atom stereocenters. The molecule has 110 valence electrons. The van der Waals surface area contributed by atoms with Crippen LogP contribution in [-0.2, 0) is 6.54 Å². The van der Waals surface area contributed by atoms with Gasteiger partial charge < -0.3 is 10.4 Å². The predicted molar refractivity (Wildman–Crippen MR) is 81.2 cm³/mol. The average Bonchev–Trinajstić information content (AvgIpc) is 2.50. The number of nitro groups is 1. The molecule has 0 aliphatic heterocycles. The van der Waals surface area contributed by atoms with Crippen LogP contribution in [0, 0.1) is 10.1 Å². The van der Waals surface area contributed by atoms with Gasteiger partial charge in [-0.15, -0.1) is 0 Å². The topological polar surface area (TPSA) is 75.4 Å². The fourth-order valence-electron chi connectivity index (χ4n) is 2.02. The van der Waals surface area contributed by atoms with E-state index in [9.17, 15) is 15.2 Å². The van der Waals surface area contributed by atoms with E-state index in [1.54, 1.807) is 6.07 Å². The number of aliphatic hydroxyl groups is 1.